The molecule has 0 amide bonds. The minimum Gasteiger partial charge on any atom is -0.479 e. The van der Waals surface area contributed by atoms with Crippen molar-refractivity contribution in [1.82, 2.24) is 20.2 Å². The highest BCUT2D eigenvalue weighted by molar-refractivity contribution is 5.77. The standard InChI is InChI=1S/C15H18N4O2/c1-3-15(2,14(20)21)19-13(16-17-18-19)12-8-7-10-5-4-6-11(10)9-12/h7-9H,3-6H2,1-2H3,(H,20,21). The quantitative estimate of drug-likeness (QED) is 0.930. The zero-order valence-electron chi connectivity index (χ0n) is 12.2. The van der Waals surface area contributed by atoms with E-state index in [1.165, 1.54) is 22.2 Å². The number of hydrogen-bond acceptors (Lipinski definition) is 4. The number of carbonyl (C=O) groups is 1. The fraction of sp³-hybridized carbons (Fsp3) is 0.467. The summed E-state index contributed by atoms with van der Waals surface area (Å²) in [5.41, 5.74) is 2.42. The number of carboxylic acid groups (broad SMARTS) is 1. The molecule has 2 aromatic rings. The van der Waals surface area contributed by atoms with Crippen molar-refractivity contribution in [3.8, 4) is 11.4 Å². The fourth-order valence-corrected chi connectivity index (χ4v) is 2.80. The summed E-state index contributed by atoms with van der Waals surface area (Å²) in [6.07, 6.45) is 3.76. The summed E-state index contributed by atoms with van der Waals surface area (Å²) in [4.78, 5) is 11.6. The highest BCUT2D eigenvalue weighted by atomic mass is 16.4. The van der Waals surface area contributed by atoms with E-state index in [4.69, 9.17) is 0 Å². The van der Waals surface area contributed by atoms with E-state index in [2.05, 4.69) is 27.7 Å². The Morgan fingerprint density at radius 3 is 2.86 bits per heavy atom. The third-order valence-electron chi connectivity index (χ3n) is 4.44. The lowest BCUT2D eigenvalue weighted by molar-refractivity contribution is -0.147. The molecule has 1 aromatic heterocycles. The number of aryl methyl sites for hydroxylation is 2. The lowest BCUT2D eigenvalue weighted by atomic mass is 9.98. The monoisotopic (exact) mass is 286 g/mol. The van der Waals surface area contributed by atoms with Gasteiger partial charge in [0.2, 0.25) is 0 Å². The van der Waals surface area contributed by atoms with Crippen molar-refractivity contribution in [1.29, 1.82) is 0 Å². The van der Waals surface area contributed by atoms with Gasteiger partial charge in [-0.25, -0.2) is 9.48 Å². The minimum atomic E-state index is -1.14. The molecule has 0 bridgehead atoms. The number of benzene rings is 1. The van der Waals surface area contributed by atoms with Crippen LogP contribution in [0, 0.1) is 0 Å². The summed E-state index contributed by atoms with van der Waals surface area (Å²) in [5.74, 6) is -0.420. The van der Waals surface area contributed by atoms with Crippen molar-refractivity contribution in [2.24, 2.45) is 0 Å². The maximum atomic E-state index is 11.6. The maximum absolute atomic E-state index is 11.6. The SMILES string of the molecule is CCC(C)(C(=O)O)n1nnnc1-c1ccc2c(c1)CCC2. The summed E-state index contributed by atoms with van der Waals surface area (Å²) in [6, 6.07) is 6.16. The second-order valence-electron chi connectivity index (χ2n) is 5.68. The Morgan fingerprint density at radius 1 is 1.38 bits per heavy atom. The van der Waals surface area contributed by atoms with Crippen molar-refractivity contribution in [3.63, 3.8) is 0 Å². The first kappa shape index (κ1) is 13.7. The number of fused-ring (bicyclic) bond motifs is 1. The number of aromatic nitrogens is 4. The summed E-state index contributed by atoms with van der Waals surface area (Å²) >= 11 is 0. The highest BCUT2D eigenvalue weighted by Crippen LogP contribution is 2.30. The van der Waals surface area contributed by atoms with Crippen LogP contribution in [0.15, 0.2) is 18.2 Å². The molecule has 0 fully saturated rings. The molecule has 1 aliphatic carbocycles. The molecule has 6 heteroatoms. The van der Waals surface area contributed by atoms with Gasteiger partial charge in [-0.3, -0.25) is 0 Å². The molecule has 0 aliphatic heterocycles. The molecule has 0 saturated carbocycles. The van der Waals surface area contributed by atoms with Crippen LogP contribution < -0.4 is 0 Å². The van der Waals surface area contributed by atoms with Crippen LogP contribution in [0.1, 0.15) is 37.8 Å². The van der Waals surface area contributed by atoms with Gasteiger partial charge in [0.15, 0.2) is 11.4 Å². The molecule has 21 heavy (non-hydrogen) atoms. The van der Waals surface area contributed by atoms with E-state index >= 15 is 0 Å². The smallest absolute Gasteiger partial charge is 0.331 e. The third kappa shape index (κ3) is 2.11. The molecule has 0 radical (unpaired) electrons. The largest absolute Gasteiger partial charge is 0.479 e. The van der Waals surface area contributed by atoms with Gasteiger partial charge in [0.05, 0.1) is 0 Å². The third-order valence-corrected chi connectivity index (χ3v) is 4.44. The van der Waals surface area contributed by atoms with E-state index in [0.29, 0.717) is 12.2 Å². The molecule has 110 valence electrons. The Bertz CT molecular complexity index is 695. The van der Waals surface area contributed by atoms with E-state index in [1.807, 2.05) is 13.0 Å². The van der Waals surface area contributed by atoms with Gasteiger partial charge in [-0.05, 0) is 60.2 Å². The normalized spacial score (nSPS) is 16.5. The molecule has 3 rings (SSSR count). The first-order valence-corrected chi connectivity index (χ1v) is 7.20. The second-order valence-corrected chi connectivity index (χ2v) is 5.68. The summed E-state index contributed by atoms with van der Waals surface area (Å²) in [6.45, 7) is 3.46. The molecule has 1 N–H and O–H groups in total. The molecule has 0 spiro atoms. The van der Waals surface area contributed by atoms with E-state index in [0.717, 1.165) is 18.4 Å². The van der Waals surface area contributed by atoms with E-state index in [1.54, 1.807) is 6.92 Å². The number of nitrogens with zero attached hydrogens (tertiary/aromatic N) is 4. The van der Waals surface area contributed by atoms with E-state index < -0.39 is 11.5 Å². The summed E-state index contributed by atoms with van der Waals surface area (Å²) in [5, 5.41) is 21.2. The molecule has 6 nitrogen and oxygen atoms in total. The minimum absolute atomic E-state index is 0.408. The van der Waals surface area contributed by atoms with E-state index in [9.17, 15) is 9.90 Å². The van der Waals surface area contributed by atoms with Crippen LogP contribution >= 0.6 is 0 Å². The summed E-state index contributed by atoms with van der Waals surface area (Å²) in [7, 11) is 0. The van der Waals surface area contributed by atoms with Crippen molar-refractivity contribution in [3.05, 3.63) is 29.3 Å². The van der Waals surface area contributed by atoms with Crippen LogP contribution in [0.4, 0.5) is 0 Å². The molecule has 0 saturated heterocycles. The fourth-order valence-electron chi connectivity index (χ4n) is 2.80. The predicted molar refractivity (Wildman–Crippen MR) is 76.9 cm³/mol. The Hall–Kier alpha value is -2.24. The molecule has 1 heterocycles. The lowest BCUT2D eigenvalue weighted by Gasteiger charge is -2.24. The first-order valence-electron chi connectivity index (χ1n) is 7.20. The van der Waals surface area contributed by atoms with E-state index in [-0.39, 0.29) is 0 Å². The van der Waals surface area contributed by atoms with Crippen LogP contribution in [0.3, 0.4) is 0 Å². The first-order chi connectivity index (χ1) is 10.1. The van der Waals surface area contributed by atoms with Gasteiger partial charge in [0.25, 0.3) is 0 Å². The van der Waals surface area contributed by atoms with Crippen molar-refractivity contribution in [2.75, 3.05) is 0 Å². The van der Waals surface area contributed by atoms with Crippen molar-refractivity contribution in [2.45, 2.75) is 45.1 Å². The molecular formula is C15H18N4O2. The predicted octanol–water partition coefficient (Wildman–Crippen LogP) is 2.04. The van der Waals surface area contributed by atoms with Crippen molar-refractivity contribution >= 4 is 5.97 Å². The van der Waals surface area contributed by atoms with Crippen molar-refractivity contribution < 1.29 is 9.90 Å². The average Bonchev–Trinajstić information content (AvgIpc) is 3.13. The number of hydrogen-bond donors (Lipinski definition) is 1. The van der Waals surface area contributed by atoms with Gasteiger partial charge >= 0.3 is 5.97 Å². The van der Waals surface area contributed by atoms with Crippen LogP contribution in [0.25, 0.3) is 11.4 Å². The number of carboxylic acids is 1. The maximum Gasteiger partial charge on any atom is 0.331 e. The molecule has 1 aliphatic rings. The van der Waals surface area contributed by atoms with Crippen LogP contribution in [0.5, 0.6) is 0 Å². The Labute approximate surface area is 122 Å². The van der Waals surface area contributed by atoms with Crippen LogP contribution in [0.2, 0.25) is 0 Å². The Morgan fingerprint density at radius 2 is 2.14 bits per heavy atom. The van der Waals surface area contributed by atoms with Crippen LogP contribution in [-0.4, -0.2) is 31.3 Å². The topological polar surface area (TPSA) is 80.9 Å². The number of rotatable bonds is 4. The van der Waals surface area contributed by atoms with Gasteiger partial charge < -0.3 is 5.11 Å². The zero-order chi connectivity index (χ0) is 15.0. The molecule has 1 aromatic carbocycles. The molecule has 1 unspecified atom stereocenters. The van der Waals surface area contributed by atoms with Gasteiger partial charge in [-0.15, -0.1) is 5.10 Å². The van der Waals surface area contributed by atoms with Gasteiger partial charge in [0, 0.05) is 5.56 Å². The molecular weight excluding hydrogens is 268 g/mol. The average molecular weight is 286 g/mol. The Balaban J connectivity index is 2.09. The van der Waals surface area contributed by atoms with Crippen LogP contribution in [-0.2, 0) is 23.2 Å². The zero-order valence-corrected chi connectivity index (χ0v) is 12.2. The Kier molecular flexibility index (Phi) is 3.23. The molecule has 1 atom stereocenters. The highest BCUT2D eigenvalue weighted by Gasteiger charge is 2.37. The lowest BCUT2D eigenvalue weighted by Crippen LogP contribution is -2.39. The summed E-state index contributed by atoms with van der Waals surface area (Å²) < 4.78 is 1.42. The van der Waals surface area contributed by atoms with Gasteiger partial charge in [0.1, 0.15) is 0 Å². The second kappa shape index (κ2) is 4.95. The number of aliphatic carboxylic acids is 1. The van der Waals surface area contributed by atoms with Gasteiger partial charge in [-0.2, -0.15) is 0 Å². The van der Waals surface area contributed by atoms with Gasteiger partial charge in [-0.1, -0.05) is 19.1 Å². The number of tetrazole rings is 1.